The van der Waals surface area contributed by atoms with Crippen LogP contribution in [0, 0.1) is 12.8 Å². The van der Waals surface area contributed by atoms with Crippen molar-refractivity contribution in [1.82, 2.24) is 4.41 Å². The lowest BCUT2D eigenvalue weighted by Crippen LogP contribution is -2.60. The van der Waals surface area contributed by atoms with Crippen LogP contribution in [0.15, 0.2) is 34.3 Å². The van der Waals surface area contributed by atoms with E-state index in [4.69, 9.17) is 0 Å². The van der Waals surface area contributed by atoms with Gasteiger partial charge in [0.2, 0.25) is 0 Å². The summed E-state index contributed by atoms with van der Waals surface area (Å²) >= 11 is 0. The van der Waals surface area contributed by atoms with Crippen LogP contribution in [0.5, 0.6) is 0 Å². The Morgan fingerprint density at radius 1 is 1.20 bits per heavy atom. The first-order valence-electron chi connectivity index (χ1n) is 8.07. The van der Waals surface area contributed by atoms with E-state index >= 15 is 0 Å². The SMILES string of the molecule is Cc1ccc(S(=O)(=O)N2N=C3CCCCC[C@@H]3[C@]2(O)C(F)(F)F)cc1. The molecule has 0 spiro atoms. The summed E-state index contributed by atoms with van der Waals surface area (Å²) in [6.45, 7) is 1.73. The van der Waals surface area contributed by atoms with Gasteiger partial charge in [-0.3, -0.25) is 0 Å². The maximum Gasteiger partial charge on any atom is 0.439 e. The Hall–Kier alpha value is -1.61. The molecule has 0 bridgehead atoms. The van der Waals surface area contributed by atoms with Gasteiger partial charge in [-0.15, -0.1) is 4.41 Å². The Labute approximate surface area is 144 Å². The highest BCUT2D eigenvalue weighted by Crippen LogP contribution is 2.49. The van der Waals surface area contributed by atoms with Gasteiger partial charge >= 0.3 is 6.18 Å². The van der Waals surface area contributed by atoms with Crippen molar-refractivity contribution in [3.63, 3.8) is 0 Å². The van der Waals surface area contributed by atoms with Gasteiger partial charge < -0.3 is 5.11 Å². The summed E-state index contributed by atoms with van der Waals surface area (Å²) in [5.41, 5.74) is -2.67. The van der Waals surface area contributed by atoms with Crippen molar-refractivity contribution in [2.45, 2.75) is 55.8 Å². The van der Waals surface area contributed by atoms with Crippen molar-refractivity contribution < 1.29 is 26.7 Å². The molecule has 5 nitrogen and oxygen atoms in total. The van der Waals surface area contributed by atoms with Gasteiger partial charge in [-0.25, -0.2) is 0 Å². The van der Waals surface area contributed by atoms with Crippen molar-refractivity contribution in [2.75, 3.05) is 0 Å². The molecule has 0 saturated heterocycles. The number of hydrogen-bond acceptors (Lipinski definition) is 4. The number of aryl methyl sites for hydroxylation is 1. The van der Waals surface area contributed by atoms with Crippen molar-refractivity contribution in [1.29, 1.82) is 0 Å². The largest absolute Gasteiger partial charge is 0.439 e. The van der Waals surface area contributed by atoms with E-state index in [1.807, 2.05) is 0 Å². The zero-order chi connectivity index (χ0) is 18.5. The quantitative estimate of drug-likeness (QED) is 0.862. The molecule has 1 aliphatic carbocycles. The molecule has 0 unspecified atom stereocenters. The zero-order valence-electron chi connectivity index (χ0n) is 13.6. The van der Waals surface area contributed by atoms with Crippen molar-refractivity contribution in [3.8, 4) is 0 Å². The Morgan fingerprint density at radius 2 is 1.84 bits per heavy atom. The fourth-order valence-corrected chi connectivity index (χ4v) is 4.89. The first-order valence-corrected chi connectivity index (χ1v) is 9.51. The van der Waals surface area contributed by atoms with Crippen molar-refractivity contribution >= 4 is 15.7 Å². The number of hydrogen-bond donors (Lipinski definition) is 1. The number of aliphatic hydroxyl groups is 1. The molecule has 138 valence electrons. The maximum absolute atomic E-state index is 13.8. The molecule has 0 radical (unpaired) electrons. The summed E-state index contributed by atoms with van der Waals surface area (Å²) in [5.74, 6) is -1.37. The first kappa shape index (κ1) is 18.2. The van der Waals surface area contributed by atoms with E-state index in [2.05, 4.69) is 5.10 Å². The summed E-state index contributed by atoms with van der Waals surface area (Å²) in [6.07, 6.45) is -3.01. The molecular weight excluding hydrogens is 357 g/mol. The van der Waals surface area contributed by atoms with Gasteiger partial charge in [-0.2, -0.15) is 26.7 Å². The second-order valence-corrected chi connectivity index (χ2v) is 8.30. The van der Waals surface area contributed by atoms with Crippen LogP contribution in [0.3, 0.4) is 0 Å². The fraction of sp³-hybridized carbons (Fsp3) is 0.562. The van der Waals surface area contributed by atoms with E-state index in [1.165, 1.54) is 24.3 Å². The fourth-order valence-electron chi connectivity index (χ4n) is 3.40. The first-order chi connectivity index (χ1) is 11.6. The van der Waals surface area contributed by atoms with E-state index in [-0.39, 0.29) is 27.9 Å². The Bertz CT molecular complexity index is 790. The summed E-state index contributed by atoms with van der Waals surface area (Å²) in [5, 5.41) is 14.3. The molecule has 1 saturated carbocycles. The van der Waals surface area contributed by atoms with Crippen molar-refractivity contribution in [2.24, 2.45) is 11.0 Å². The number of alkyl halides is 3. The van der Waals surface area contributed by atoms with Crippen LogP contribution in [0.2, 0.25) is 0 Å². The van der Waals surface area contributed by atoms with E-state index in [1.54, 1.807) is 6.92 Å². The Morgan fingerprint density at radius 3 is 2.44 bits per heavy atom. The van der Waals surface area contributed by atoms with E-state index in [0.29, 0.717) is 12.8 Å². The molecule has 1 heterocycles. The van der Waals surface area contributed by atoms with Crippen LogP contribution in [-0.2, 0) is 10.0 Å². The standard InChI is InChI=1S/C16H19F3N2O3S/c1-11-7-9-12(10-8-11)25(23,24)21-15(22,16(17,18)19)13-5-3-2-4-6-14(13)20-21/h7-10,13,22H,2-6H2,1H3/t13-,15-/m0/s1. The van der Waals surface area contributed by atoms with Crippen LogP contribution in [0.4, 0.5) is 13.2 Å². The smallest absolute Gasteiger partial charge is 0.361 e. The highest BCUT2D eigenvalue weighted by Gasteiger charge is 2.69. The summed E-state index contributed by atoms with van der Waals surface area (Å²) in [4.78, 5) is -0.332. The predicted octanol–water partition coefficient (Wildman–Crippen LogP) is 3.19. The molecular formula is C16H19F3N2O3S. The minimum atomic E-state index is -5.16. The highest BCUT2D eigenvalue weighted by molar-refractivity contribution is 7.89. The van der Waals surface area contributed by atoms with E-state index in [9.17, 15) is 26.7 Å². The number of fused-ring (bicyclic) bond motifs is 1. The molecule has 1 aromatic carbocycles. The average molecular weight is 376 g/mol. The number of nitrogens with zero attached hydrogens (tertiary/aromatic N) is 2. The van der Waals surface area contributed by atoms with E-state index in [0.717, 1.165) is 12.0 Å². The summed E-state index contributed by atoms with van der Waals surface area (Å²) in [6, 6.07) is 5.41. The van der Waals surface area contributed by atoms with E-state index < -0.39 is 27.8 Å². The molecule has 0 amide bonds. The molecule has 2 aliphatic rings. The molecule has 1 aliphatic heterocycles. The second kappa shape index (κ2) is 5.98. The minimum absolute atomic E-state index is 0.0504. The number of benzene rings is 1. The molecule has 3 rings (SSSR count). The molecule has 2 atom stereocenters. The minimum Gasteiger partial charge on any atom is -0.361 e. The predicted molar refractivity (Wildman–Crippen MR) is 85.2 cm³/mol. The van der Waals surface area contributed by atoms with Crippen LogP contribution in [0.1, 0.15) is 37.7 Å². The monoisotopic (exact) mass is 376 g/mol. The van der Waals surface area contributed by atoms with Crippen LogP contribution < -0.4 is 0 Å². The second-order valence-electron chi connectivity index (χ2n) is 6.53. The van der Waals surface area contributed by atoms with Gasteiger partial charge in [0.25, 0.3) is 15.7 Å². The lowest BCUT2D eigenvalue weighted by molar-refractivity contribution is -0.306. The molecule has 1 N–H and O–H groups in total. The Balaban J connectivity index is 2.13. The number of hydrazone groups is 1. The van der Waals surface area contributed by atoms with Crippen LogP contribution >= 0.6 is 0 Å². The zero-order valence-corrected chi connectivity index (χ0v) is 14.4. The van der Waals surface area contributed by atoms with Gasteiger partial charge in [0.1, 0.15) is 0 Å². The molecule has 0 aromatic heterocycles. The van der Waals surface area contributed by atoms with Crippen molar-refractivity contribution in [3.05, 3.63) is 29.8 Å². The third-order valence-corrected chi connectivity index (χ3v) is 6.47. The normalized spacial score (nSPS) is 27.6. The van der Waals surface area contributed by atoms with Gasteiger partial charge in [0.15, 0.2) is 0 Å². The summed E-state index contributed by atoms with van der Waals surface area (Å²) < 4.78 is 66.8. The molecule has 1 aromatic rings. The van der Waals surface area contributed by atoms with Crippen LogP contribution in [-0.4, -0.2) is 35.6 Å². The van der Waals surface area contributed by atoms with Gasteiger partial charge in [-0.05, 0) is 38.3 Å². The molecule has 1 fully saturated rings. The summed E-state index contributed by atoms with van der Waals surface area (Å²) in [7, 11) is -4.64. The Kier molecular flexibility index (Phi) is 4.35. The number of sulfonamides is 1. The highest BCUT2D eigenvalue weighted by atomic mass is 32.2. The topological polar surface area (TPSA) is 70.0 Å². The lowest BCUT2D eigenvalue weighted by Gasteiger charge is -2.37. The van der Waals surface area contributed by atoms with Crippen LogP contribution in [0.25, 0.3) is 0 Å². The third-order valence-electron chi connectivity index (χ3n) is 4.79. The number of halogens is 3. The average Bonchev–Trinajstić information content (AvgIpc) is 2.69. The molecule has 9 heteroatoms. The number of rotatable bonds is 2. The lowest BCUT2D eigenvalue weighted by atomic mass is 9.88. The van der Waals surface area contributed by atoms with Gasteiger partial charge in [-0.1, -0.05) is 30.5 Å². The van der Waals surface area contributed by atoms with Gasteiger partial charge in [0.05, 0.1) is 10.8 Å². The van der Waals surface area contributed by atoms with Gasteiger partial charge in [0, 0.05) is 5.71 Å². The molecule has 25 heavy (non-hydrogen) atoms. The third kappa shape index (κ3) is 2.83. The maximum atomic E-state index is 13.8.